The van der Waals surface area contributed by atoms with Crippen molar-refractivity contribution >= 4 is 39.9 Å². The molecule has 2 aromatic carbocycles. The molecule has 1 aromatic heterocycles. The lowest BCUT2D eigenvalue weighted by Gasteiger charge is -2.24. The summed E-state index contributed by atoms with van der Waals surface area (Å²) in [4.78, 5) is 25.9. The molecule has 2 amide bonds. The molecule has 3 aromatic rings. The third kappa shape index (κ3) is 8.22. The fourth-order valence-corrected chi connectivity index (χ4v) is 4.80. The van der Waals surface area contributed by atoms with Crippen LogP contribution in [0.25, 0.3) is 10.6 Å². The third-order valence-electron chi connectivity index (χ3n) is 5.18. The molecular formula is C26H31ClN4O2S. The minimum absolute atomic E-state index is 0.132. The standard InChI is InChI=1S/C26H31ClN4O2S/c1-17(16-26(2,3)4)14-22(32)28-21(15-18-8-6-5-7-9-18)23(33)29-25-31-30-24(34-25)19-10-12-20(27)13-11-19/h5-13,17,21H,14-16H2,1-4H3,(H,28,32)(H,29,31,33). The molecule has 6 nitrogen and oxygen atoms in total. The van der Waals surface area contributed by atoms with E-state index in [1.165, 1.54) is 11.3 Å². The van der Waals surface area contributed by atoms with Crippen LogP contribution in [0.3, 0.4) is 0 Å². The molecule has 3 rings (SSSR count). The zero-order valence-electron chi connectivity index (χ0n) is 20.0. The number of benzene rings is 2. The van der Waals surface area contributed by atoms with Crippen LogP contribution in [0.5, 0.6) is 0 Å². The van der Waals surface area contributed by atoms with Crippen molar-refractivity contribution in [3.63, 3.8) is 0 Å². The van der Waals surface area contributed by atoms with Gasteiger partial charge in [0.1, 0.15) is 11.0 Å². The van der Waals surface area contributed by atoms with E-state index in [9.17, 15) is 9.59 Å². The summed E-state index contributed by atoms with van der Waals surface area (Å²) >= 11 is 7.22. The third-order valence-corrected chi connectivity index (χ3v) is 6.32. The number of nitrogens with one attached hydrogen (secondary N) is 2. The molecule has 0 spiro atoms. The topological polar surface area (TPSA) is 84.0 Å². The Bertz CT molecular complexity index is 1090. The monoisotopic (exact) mass is 498 g/mol. The molecule has 2 unspecified atom stereocenters. The van der Waals surface area contributed by atoms with Gasteiger partial charge >= 0.3 is 0 Å². The first kappa shape index (κ1) is 25.8. The van der Waals surface area contributed by atoms with Crippen molar-refractivity contribution in [2.24, 2.45) is 11.3 Å². The van der Waals surface area contributed by atoms with E-state index in [-0.39, 0.29) is 23.1 Å². The summed E-state index contributed by atoms with van der Waals surface area (Å²) in [7, 11) is 0. The van der Waals surface area contributed by atoms with Gasteiger partial charge in [-0.25, -0.2) is 0 Å². The highest BCUT2D eigenvalue weighted by Crippen LogP contribution is 2.28. The predicted molar refractivity (Wildman–Crippen MR) is 139 cm³/mol. The average Bonchev–Trinajstić information content (AvgIpc) is 3.21. The molecule has 0 saturated carbocycles. The second-order valence-electron chi connectivity index (χ2n) is 9.79. The summed E-state index contributed by atoms with van der Waals surface area (Å²) in [6, 6.07) is 16.2. The molecule has 1 heterocycles. The SMILES string of the molecule is CC(CC(=O)NC(Cc1ccccc1)C(=O)Nc1nnc(-c2ccc(Cl)cc2)s1)CC(C)(C)C. The van der Waals surface area contributed by atoms with E-state index in [0.29, 0.717) is 28.0 Å². The molecule has 180 valence electrons. The Kier molecular flexibility index (Phi) is 8.80. The second-order valence-corrected chi connectivity index (χ2v) is 11.2. The van der Waals surface area contributed by atoms with E-state index >= 15 is 0 Å². The van der Waals surface area contributed by atoms with Gasteiger partial charge < -0.3 is 5.32 Å². The van der Waals surface area contributed by atoms with Crippen LogP contribution in [0, 0.1) is 11.3 Å². The molecule has 2 atom stereocenters. The first-order valence-corrected chi connectivity index (χ1v) is 12.5. The summed E-state index contributed by atoms with van der Waals surface area (Å²) in [6.45, 7) is 8.55. The van der Waals surface area contributed by atoms with Gasteiger partial charge in [-0.1, -0.05) is 93.1 Å². The van der Waals surface area contributed by atoms with E-state index < -0.39 is 6.04 Å². The van der Waals surface area contributed by atoms with Gasteiger partial charge in [0.05, 0.1) is 0 Å². The van der Waals surface area contributed by atoms with Gasteiger partial charge in [0.15, 0.2) is 0 Å². The zero-order chi connectivity index (χ0) is 24.7. The van der Waals surface area contributed by atoms with E-state index in [4.69, 9.17) is 11.6 Å². The van der Waals surface area contributed by atoms with Crippen LogP contribution in [0.15, 0.2) is 54.6 Å². The van der Waals surface area contributed by atoms with E-state index in [1.807, 2.05) is 42.5 Å². The summed E-state index contributed by atoms with van der Waals surface area (Å²) in [5, 5.41) is 15.7. The first-order valence-electron chi connectivity index (χ1n) is 11.3. The molecule has 0 aliphatic rings. The van der Waals surface area contributed by atoms with Crippen molar-refractivity contribution in [2.75, 3.05) is 5.32 Å². The molecule has 2 N–H and O–H groups in total. The molecule has 34 heavy (non-hydrogen) atoms. The van der Waals surface area contributed by atoms with Crippen molar-refractivity contribution in [2.45, 2.75) is 53.0 Å². The summed E-state index contributed by atoms with van der Waals surface area (Å²) < 4.78 is 0. The number of amides is 2. The Labute approximate surface area is 210 Å². The molecule has 0 aliphatic carbocycles. The van der Waals surface area contributed by atoms with Crippen LogP contribution in [0.4, 0.5) is 5.13 Å². The van der Waals surface area contributed by atoms with Crippen LogP contribution in [0.1, 0.15) is 46.1 Å². The van der Waals surface area contributed by atoms with E-state index in [0.717, 1.165) is 17.5 Å². The minimum atomic E-state index is -0.723. The fraction of sp³-hybridized carbons (Fsp3) is 0.385. The van der Waals surface area contributed by atoms with Gasteiger partial charge in [-0.3, -0.25) is 14.9 Å². The lowest BCUT2D eigenvalue weighted by Crippen LogP contribution is -2.45. The highest BCUT2D eigenvalue weighted by Gasteiger charge is 2.24. The number of halogens is 1. The van der Waals surface area contributed by atoms with E-state index in [1.54, 1.807) is 12.1 Å². The lowest BCUT2D eigenvalue weighted by molar-refractivity contribution is -0.127. The normalized spacial score (nSPS) is 13.2. The number of nitrogens with zero attached hydrogens (tertiary/aromatic N) is 2. The number of hydrogen-bond acceptors (Lipinski definition) is 5. The second kappa shape index (κ2) is 11.6. The Morgan fingerprint density at radius 1 is 1.03 bits per heavy atom. The maximum Gasteiger partial charge on any atom is 0.249 e. The molecular weight excluding hydrogens is 468 g/mol. The van der Waals surface area contributed by atoms with Gasteiger partial charge in [0.25, 0.3) is 0 Å². The van der Waals surface area contributed by atoms with Gasteiger partial charge in [0, 0.05) is 23.4 Å². The Balaban J connectivity index is 1.69. The maximum absolute atomic E-state index is 13.2. The highest BCUT2D eigenvalue weighted by atomic mass is 35.5. The fourth-order valence-electron chi connectivity index (χ4n) is 3.92. The van der Waals surface area contributed by atoms with Gasteiger partial charge in [0.2, 0.25) is 16.9 Å². The number of rotatable bonds is 9. The smallest absolute Gasteiger partial charge is 0.249 e. The van der Waals surface area contributed by atoms with Gasteiger partial charge in [-0.15, -0.1) is 10.2 Å². The maximum atomic E-state index is 13.2. The predicted octanol–water partition coefficient (Wildman–Crippen LogP) is 5.99. The van der Waals surface area contributed by atoms with Crippen LogP contribution in [0.2, 0.25) is 5.02 Å². The average molecular weight is 499 g/mol. The van der Waals surface area contributed by atoms with Crippen LogP contribution in [-0.4, -0.2) is 28.1 Å². The van der Waals surface area contributed by atoms with Crippen molar-refractivity contribution in [3.8, 4) is 10.6 Å². The number of hydrogen-bond donors (Lipinski definition) is 2. The Hall–Kier alpha value is -2.77. The van der Waals surface area contributed by atoms with Crippen LogP contribution < -0.4 is 10.6 Å². The zero-order valence-corrected chi connectivity index (χ0v) is 21.5. The highest BCUT2D eigenvalue weighted by molar-refractivity contribution is 7.18. The lowest BCUT2D eigenvalue weighted by atomic mass is 9.84. The summed E-state index contributed by atoms with van der Waals surface area (Å²) in [5.41, 5.74) is 1.97. The molecule has 0 saturated heterocycles. The Morgan fingerprint density at radius 2 is 1.71 bits per heavy atom. The van der Waals surface area contributed by atoms with Crippen LogP contribution in [-0.2, 0) is 16.0 Å². The molecule has 0 fully saturated rings. The Morgan fingerprint density at radius 3 is 2.35 bits per heavy atom. The molecule has 0 aliphatic heterocycles. The number of carbonyl (C=O) groups is 2. The van der Waals surface area contributed by atoms with Crippen molar-refractivity contribution in [1.29, 1.82) is 0 Å². The van der Waals surface area contributed by atoms with Crippen molar-refractivity contribution in [3.05, 3.63) is 65.2 Å². The van der Waals surface area contributed by atoms with Gasteiger partial charge in [-0.2, -0.15) is 0 Å². The number of anilines is 1. The van der Waals surface area contributed by atoms with Crippen LogP contribution >= 0.6 is 22.9 Å². The molecule has 0 bridgehead atoms. The summed E-state index contributed by atoms with van der Waals surface area (Å²) in [5.74, 6) is -0.239. The quantitative estimate of drug-likeness (QED) is 0.379. The van der Waals surface area contributed by atoms with Crippen molar-refractivity contribution in [1.82, 2.24) is 15.5 Å². The minimum Gasteiger partial charge on any atom is -0.344 e. The molecule has 0 radical (unpaired) electrons. The number of aromatic nitrogens is 2. The first-order chi connectivity index (χ1) is 16.1. The van der Waals surface area contributed by atoms with Gasteiger partial charge in [-0.05, 0) is 35.4 Å². The molecule has 8 heteroatoms. The largest absolute Gasteiger partial charge is 0.344 e. The van der Waals surface area contributed by atoms with Crippen molar-refractivity contribution < 1.29 is 9.59 Å². The van der Waals surface area contributed by atoms with E-state index in [2.05, 4.69) is 48.5 Å². The number of carbonyl (C=O) groups excluding carboxylic acids is 2. The summed E-state index contributed by atoms with van der Waals surface area (Å²) in [6.07, 6.45) is 1.68.